The van der Waals surface area contributed by atoms with E-state index in [0.717, 1.165) is 22.3 Å². The van der Waals surface area contributed by atoms with Gasteiger partial charge >= 0.3 is 5.97 Å². The summed E-state index contributed by atoms with van der Waals surface area (Å²) in [5.41, 5.74) is 3.49. The van der Waals surface area contributed by atoms with Crippen molar-refractivity contribution in [2.24, 2.45) is 5.92 Å². The van der Waals surface area contributed by atoms with Crippen molar-refractivity contribution < 1.29 is 19.1 Å². The van der Waals surface area contributed by atoms with Gasteiger partial charge in [0, 0.05) is 26.9 Å². The van der Waals surface area contributed by atoms with Crippen molar-refractivity contribution in [1.82, 2.24) is 9.55 Å². The second-order valence-corrected chi connectivity index (χ2v) is 7.91. The summed E-state index contributed by atoms with van der Waals surface area (Å²) in [6, 6.07) is 15.0. The number of benzene rings is 2. The third-order valence-electron chi connectivity index (χ3n) is 5.76. The average molecular weight is 437 g/mol. The van der Waals surface area contributed by atoms with Crippen molar-refractivity contribution in [3.63, 3.8) is 0 Å². The molecule has 0 fully saturated rings. The molecule has 4 rings (SSSR count). The normalized spacial score (nSPS) is 18.0. The Labute approximate surface area is 187 Å². The summed E-state index contributed by atoms with van der Waals surface area (Å²) in [6.45, 7) is 2.56. The molecule has 8 heteroatoms. The van der Waals surface area contributed by atoms with E-state index >= 15 is 0 Å². The van der Waals surface area contributed by atoms with E-state index in [1.165, 1.54) is 4.90 Å². The van der Waals surface area contributed by atoms with E-state index in [-0.39, 0.29) is 12.5 Å². The van der Waals surface area contributed by atoms with E-state index < -0.39 is 17.9 Å². The summed E-state index contributed by atoms with van der Waals surface area (Å²) in [6.07, 6.45) is 0. The van der Waals surface area contributed by atoms with Crippen LogP contribution in [0.4, 0.5) is 11.6 Å². The van der Waals surface area contributed by atoms with Crippen LogP contribution in [0, 0.1) is 5.92 Å². The number of carbonyl (C=O) groups excluding carboxylic acids is 2. The fourth-order valence-electron chi connectivity index (χ4n) is 4.21. The number of esters is 1. The number of amides is 1. The molecule has 168 valence electrons. The van der Waals surface area contributed by atoms with Gasteiger partial charge in [0.15, 0.2) is 5.92 Å². The summed E-state index contributed by atoms with van der Waals surface area (Å²) < 4.78 is 12.6. The van der Waals surface area contributed by atoms with Gasteiger partial charge in [-0.15, -0.1) is 0 Å². The zero-order valence-corrected chi connectivity index (χ0v) is 18.8. The molecule has 0 aliphatic carbocycles. The number of hydrogen-bond donors (Lipinski definition) is 0. The average Bonchev–Trinajstić information content (AvgIpc) is 3.17. The van der Waals surface area contributed by atoms with Gasteiger partial charge in [-0.1, -0.05) is 24.3 Å². The molecule has 1 aliphatic heterocycles. The molecule has 0 saturated heterocycles. The van der Waals surface area contributed by atoms with Crippen molar-refractivity contribution in [2.75, 3.05) is 50.8 Å². The number of imidazole rings is 1. The highest BCUT2D eigenvalue weighted by molar-refractivity contribution is 6.08. The van der Waals surface area contributed by atoms with Crippen molar-refractivity contribution in [3.05, 3.63) is 54.1 Å². The largest absolute Gasteiger partial charge is 0.465 e. The molecule has 2 aromatic carbocycles. The van der Waals surface area contributed by atoms with Crippen LogP contribution in [0.15, 0.2) is 48.5 Å². The van der Waals surface area contributed by atoms with E-state index in [2.05, 4.69) is 0 Å². The number of carbonyl (C=O) groups is 2. The van der Waals surface area contributed by atoms with Gasteiger partial charge in [-0.25, -0.2) is 4.98 Å². The van der Waals surface area contributed by atoms with Crippen LogP contribution in [0.1, 0.15) is 18.5 Å². The molecular weight excluding hydrogens is 408 g/mol. The molecule has 0 unspecified atom stereocenters. The number of methoxy groups -OCH3 is 1. The number of fused-ring (bicyclic) bond motifs is 3. The second-order valence-electron chi connectivity index (χ2n) is 7.91. The third-order valence-corrected chi connectivity index (χ3v) is 5.76. The fraction of sp³-hybridized carbons (Fsp3) is 0.375. The maximum Gasteiger partial charge on any atom is 0.321 e. The quantitative estimate of drug-likeness (QED) is 0.419. The molecule has 8 nitrogen and oxygen atoms in total. The topological polar surface area (TPSA) is 76.9 Å². The van der Waals surface area contributed by atoms with Gasteiger partial charge in [0.1, 0.15) is 0 Å². The second kappa shape index (κ2) is 9.00. The number of rotatable bonds is 7. The first-order chi connectivity index (χ1) is 15.5. The first-order valence-corrected chi connectivity index (χ1v) is 10.7. The Morgan fingerprint density at radius 3 is 2.50 bits per heavy atom. The van der Waals surface area contributed by atoms with Crippen LogP contribution >= 0.6 is 0 Å². The maximum absolute atomic E-state index is 13.7. The van der Waals surface area contributed by atoms with Crippen LogP contribution in [-0.4, -0.2) is 62.4 Å². The molecule has 0 saturated carbocycles. The van der Waals surface area contributed by atoms with E-state index in [9.17, 15) is 9.59 Å². The first kappa shape index (κ1) is 21.8. The Kier molecular flexibility index (Phi) is 6.14. The molecule has 2 heterocycles. The SMILES string of the molecule is CCOC(=O)[C@H]1C(=O)N(CCOC)c2nc3ccccc3n2[C@H]1c1ccc(N(C)C)cc1. The first-order valence-electron chi connectivity index (χ1n) is 10.7. The fourth-order valence-corrected chi connectivity index (χ4v) is 4.21. The molecule has 1 amide bonds. The van der Waals surface area contributed by atoms with Gasteiger partial charge in [0.2, 0.25) is 11.9 Å². The van der Waals surface area contributed by atoms with Crippen LogP contribution < -0.4 is 9.80 Å². The van der Waals surface area contributed by atoms with Crippen LogP contribution in [0.25, 0.3) is 11.0 Å². The lowest BCUT2D eigenvalue weighted by Crippen LogP contribution is -2.51. The molecule has 32 heavy (non-hydrogen) atoms. The van der Waals surface area contributed by atoms with Crippen molar-refractivity contribution in [2.45, 2.75) is 13.0 Å². The van der Waals surface area contributed by atoms with Crippen molar-refractivity contribution in [1.29, 1.82) is 0 Å². The Morgan fingerprint density at radius 1 is 1.12 bits per heavy atom. The van der Waals surface area contributed by atoms with Gasteiger partial charge in [0.05, 0.1) is 36.8 Å². The predicted molar refractivity (Wildman–Crippen MR) is 123 cm³/mol. The zero-order chi connectivity index (χ0) is 22.8. The number of nitrogens with zero attached hydrogens (tertiary/aromatic N) is 4. The molecule has 0 spiro atoms. The van der Waals surface area contributed by atoms with Crippen molar-refractivity contribution in [3.8, 4) is 0 Å². The minimum absolute atomic E-state index is 0.199. The van der Waals surface area contributed by atoms with Gasteiger partial charge in [-0.2, -0.15) is 0 Å². The molecule has 3 aromatic rings. The summed E-state index contributed by atoms with van der Waals surface area (Å²) in [7, 11) is 5.51. The van der Waals surface area contributed by atoms with Gasteiger partial charge in [-0.05, 0) is 36.8 Å². The molecule has 0 bridgehead atoms. The Bertz CT molecular complexity index is 1120. The Hall–Kier alpha value is -3.39. The van der Waals surface area contributed by atoms with Crippen LogP contribution in [0.3, 0.4) is 0 Å². The predicted octanol–water partition coefficient (Wildman–Crippen LogP) is 2.86. The van der Waals surface area contributed by atoms with E-state index in [1.54, 1.807) is 14.0 Å². The highest BCUT2D eigenvalue weighted by Gasteiger charge is 2.47. The van der Waals surface area contributed by atoms with E-state index in [0.29, 0.717) is 19.1 Å². The van der Waals surface area contributed by atoms with Gasteiger partial charge in [0.25, 0.3) is 0 Å². The van der Waals surface area contributed by atoms with Crippen LogP contribution in [0.5, 0.6) is 0 Å². The van der Waals surface area contributed by atoms with E-state index in [1.807, 2.05) is 72.1 Å². The van der Waals surface area contributed by atoms with Crippen molar-refractivity contribution >= 4 is 34.5 Å². The molecule has 0 N–H and O–H groups in total. The minimum atomic E-state index is -1.03. The Morgan fingerprint density at radius 2 is 1.84 bits per heavy atom. The van der Waals surface area contributed by atoms with Gasteiger partial charge < -0.3 is 18.9 Å². The summed E-state index contributed by atoms with van der Waals surface area (Å²) >= 11 is 0. The lowest BCUT2D eigenvalue weighted by Gasteiger charge is -2.38. The summed E-state index contributed by atoms with van der Waals surface area (Å²) in [5, 5.41) is 0. The molecule has 1 aliphatic rings. The van der Waals surface area contributed by atoms with E-state index in [4.69, 9.17) is 14.5 Å². The number of hydrogen-bond acceptors (Lipinski definition) is 6. The lowest BCUT2D eigenvalue weighted by molar-refractivity contribution is -0.153. The molecule has 2 atom stereocenters. The minimum Gasteiger partial charge on any atom is -0.465 e. The standard InChI is InChI=1S/C24H28N4O4/c1-5-32-23(30)20-21(16-10-12-17(13-11-16)26(2)3)28-19-9-7-6-8-18(19)25-24(28)27(22(20)29)14-15-31-4/h6-13,20-21H,5,14-15H2,1-4H3/t20-,21+/m1/s1. The number of ether oxygens (including phenoxy) is 2. The van der Waals surface area contributed by atoms with Crippen LogP contribution in [0.2, 0.25) is 0 Å². The highest BCUT2D eigenvalue weighted by atomic mass is 16.5. The molecular formula is C24H28N4O4. The smallest absolute Gasteiger partial charge is 0.321 e. The lowest BCUT2D eigenvalue weighted by atomic mass is 9.89. The highest BCUT2D eigenvalue weighted by Crippen LogP contribution is 2.41. The Balaban J connectivity index is 1.94. The van der Waals surface area contributed by atoms with Crippen LogP contribution in [-0.2, 0) is 19.1 Å². The number of anilines is 2. The molecule has 1 aromatic heterocycles. The summed E-state index contributed by atoms with van der Waals surface area (Å²) in [5.74, 6) is -1.38. The zero-order valence-electron chi connectivity index (χ0n) is 18.8. The monoisotopic (exact) mass is 436 g/mol. The number of aromatic nitrogens is 2. The maximum atomic E-state index is 13.7. The van der Waals surface area contributed by atoms with Gasteiger partial charge in [-0.3, -0.25) is 14.5 Å². The number of para-hydroxylation sites is 2. The summed E-state index contributed by atoms with van der Waals surface area (Å²) in [4.78, 5) is 35.1. The molecule has 0 radical (unpaired) electrons. The third kappa shape index (κ3) is 3.71.